The summed E-state index contributed by atoms with van der Waals surface area (Å²) in [4.78, 5) is 22.9. The molecule has 0 aromatic rings. The highest BCUT2D eigenvalue weighted by Crippen LogP contribution is 1.91. The fourth-order valence-corrected chi connectivity index (χ4v) is 0.836. The summed E-state index contributed by atoms with van der Waals surface area (Å²) in [6, 6.07) is -1.44. The number of hydrogen-bond acceptors (Lipinski definition) is 3. The number of likely N-dealkylation sites (N-methyl/N-ethyl adjacent to an activating group) is 1. The molecular weight excluding hydrogens is 188 g/mol. The zero-order valence-electron chi connectivity index (χ0n) is 8.52. The second-order valence-corrected chi connectivity index (χ2v) is 3.24. The molecule has 0 rings (SSSR count). The molecule has 0 bridgehead atoms. The lowest BCUT2D eigenvalue weighted by Crippen LogP contribution is -2.46. The Morgan fingerprint density at radius 3 is 2.29 bits per heavy atom. The summed E-state index contributed by atoms with van der Waals surface area (Å²) in [6.07, 6.45) is -0.633. The van der Waals surface area contributed by atoms with E-state index in [1.807, 2.05) is 0 Å². The van der Waals surface area contributed by atoms with Crippen molar-refractivity contribution in [1.82, 2.24) is 10.2 Å². The number of carboxylic acids is 1. The second kappa shape index (κ2) is 5.43. The molecule has 14 heavy (non-hydrogen) atoms. The van der Waals surface area contributed by atoms with Gasteiger partial charge in [0.1, 0.15) is 6.04 Å². The molecular formula is C8H16N2O4. The molecule has 0 spiro atoms. The monoisotopic (exact) mass is 204 g/mol. The van der Waals surface area contributed by atoms with Gasteiger partial charge in [-0.05, 0) is 13.8 Å². The fourth-order valence-electron chi connectivity index (χ4n) is 0.836. The van der Waals surface area contributed by atoms with Crippen molar-refractivity contribution in [3.05, 3.63) is 0 Å². The molecule has 82 valence electrons. The SMILES string of the molecule is CC(O)CN(C)C(=O)NC(C)C(=O)O. The molecule has 2 atom stereocenters. The molecule has 0 aromatic carbocycles. The van der Waals surface area contributed by atoms with Crippen LogP contribution in [0, 0.1) is 0 Å². The van der Waals surface area contributed by atoms with Crippen LogP contribution in [0.3, 0.4) is 0 Å². The maximum atomic E-state index is 11.2. The zero-order chi connectivity index (χ0) is 11.3. The topological polar surface area (TPSA) is 89.9 Å². The minimum absolute atomic E-state index is 0.165. The third-order valence-electron chi connectivity index (χ3n) is 1.60. The summed E-state index contributed by atoms with van der Waals surface area (Å²) in [5.74, 6) is -1.09. The van der Waals surface area contributed by atoms with Crippen LogP contribution in [0.15, 0.2) is 0 Å². The Kier molecular flexibility index (Phi) is 4.93. The lowest BCUT2D eigenvalue weighted by molar-refractivity contribution is -0.138. The summed E-state index contributed by atoms with van der Waals surface area (Å²) in [6.45, 7) is 3.08. The van der Waals surface area contributed by atoms with E-state index in [1.54, 1.807) is 6.92 Å². The van der Waals surface area contributed by atoms with Crippen LogP contribution in [0.2, 0.25) is 0 Å². The van der Waals surface area contributed by atoms with Crippen LogP contribution in [0.25, 0.3) is 0 Å². The van der Waals surface area contributed by atoms with Crippen molar-refractivity contribution in [2.75, 3.05) is 13.6 Å². The number of aliphatic hydroxyl groups is 1. The average Bonchev–Trinajstić information content (AvgIpc) is 2.02. The molecule has 0 saturated heterocycles. The van der Waals surface area contributed by atoms with Crippen molar-refractivity contribution in [3.63, 3.8) is 0 Å². The van der Waals surface area contributed by atoms with Crippen molar-refractivity contribution in [3.8, 4) is 0 Å². The molecule has 0 aliphatic heterocycles. The van der Waals surface area contributed by atoms with Crippen LogP contribution in [0.1, 0.15) is 13.8 Å². The van der Waals surface area contributed by atoms with Gasteiger partial charge in [0.15, 0.2) is 0 Å². The lowest BCUT2D eigenvalue weighted by Gasteiger charge is -2.20. The van der Waals surface area contributed by atoms with E-state index in [9.17, 15) is 9.59 Å². The Hall–Kier alpha value is -1.30. The molecule has 2 unspecified atom stereocenters. The van der Waals surface area contributed by atoms with E-state index in [-0.39, 0.29) is 6.54 Å². The maximum Gasteiger partial charge on any atom is 0.325 e. The minimum atomic E-state index is -1.09. The highest BCUT2D eigenvalue weighted by molar-refractivity contribution is 5.82. The van der Waals surface area contributed by atoms with Gasteiger partial charge in [-0.3, -0.25) is 4.79 Å². The van der Waals surface area contributed by atoms with Gasteiger partial charge in [-0.25, -0.2) is 4.79 Å². The van der Waals surface area contributed by atoms with E-state index in [4.69, 9.17) is 10.2 Å². The first kappa shape index (κ1) is 12.7. The van der Waals surface area contributed by atoms with Gasteiger partial charge in [0, 0.05) is 13.6 Å². The normalized spacial score (nSPS) is 14.3. The van der Waals surface area contributed by atoms with E-state index in [2.05, 4.69) is 5.32 Å². The number of hydrogen-bond donors (Lipinski definition) is 3. The van der Waals surface area contributed by atoms with Crippen molar-refractivity contribution >= 4 is 12.0 Å². The molecule has 0 aliphatic rings. The minimum Gasteiger partial charge on any atom is -0.480 e. The van der Waals surface area contributed by atoms with Crippen LogP contribution in [-0.2, 0) is 4.79 Å². The Morgan fingerprint density at radius 1 is 1.43 bits per heavy atom. The Balaban J connectivity index is 4.01. The number of nitrogens with one attached hydrogen (secondary N) is 1. The second-order valence-electron chi connectivity index (χ2n) is 3.24. The molecule has 6 heteroatoms. The number of nitrogens with zero attached hydrogens (tertiary/aromatic N) is 1. The number of aliphatic hydroxyl groups excluding tert-OH is 1. The van der Waals surface area contributed by atoms with E-state index in [0.717, 1.165) is 0 Å². The van der Waals surface area contributed by atoms with Gasteiger partial charge in [0.2, 0.25) is 0 Å². The van der Waals surface area contributed by atoms with Crippen LogP contribution in [-0.4, -0.2) is 52.9 Å². The van der Waals surface area contributed by atoms with Crippen molar-refractivity contribution in [2.24, 2.45) is 0 Å². The first-order chi connectivity index (χ1) is 6.34. The third-order valence-corrected chi connectivity index (χ3v) is 1.60. The largest absolute Gasteiger partial charge is 0.480 e. The number of urea groups is 1. The molecule has 2 amide bonds. The lowest BCUT2D eigenvalue weighted by atomic mass is 10.3. The highest BCUT2D eigenvalue weighted by atomic mass is 16.4. The average molecular weight is 204 g/mol. The van der Waals surface area contributed by atoms with Crippen molar-refractivity contribution in [1.29, 1.82) is 0 Å². The zero-order valence-corrected chi connectivity index (χ0v) is 8.52. The summed E-state index contributed by atoms with van der Waals surface area (Å²) in [7, 11) is 1.48. The van der Waals surface area contributed by atoms with E-state index in [1.165, 1.54) is 18.9 Å². The summed E-state index contributed by atoms with van der Waals surface area (Å²) >= 11 is 0. The van der Waals surface area contributed by atoms with Gasteiger partial charge in [0.05, 0.1) is 6.10 Å². The smallest absolute Gasteiger partial charge is 0.325 e. The standard InChI is InChI=1S/C8H16N2O4/c1-5(11)4-10(3)8(14)9-6(2)7(12)13/h5-6,11H,4H2,1-3H3,(H,9,14)(H,12,13). The number of carbonyl (C=O) groups excluding carboxylic acids is 1. The molecule has 0 saturated carbocycles. The molecule has 0 aromatic heterocycles. The van der Waals surface area contributed by atoms with Crippen molar-refractivity contribution in [2.45, 2.75) is 26.0 Å². The van der Waals surface area contributed by atoms with Crippen LogP contribution in [0.5, 0.6) is 0 Å². The predicted octanol–water partition coefficient (Wildman–Crippen LogP) is -0.518. The predicted molar refractivity (Wildman–Crippen MR) is 49.9 cm³/mol. The number of carboxylic acid groups (broad SMARTS) is 1. The van der Waals surface area contributed by atoms with Gasteiger partial charge in [0.25, 0.3) is 0 Å². The van der Waals surface area contributed by atoms with Gasteiger partial charge < -0.3 is 20.4 Å². The molecule has 0 heterocycles. The number of aliphatic carboxylic acids is 1. The molecule has 3 N–H and O–H groups in total. The van der Waals surface area contributed by atoms with Gasteiger partial charge in [-0.2, -0.15) is 0 Å². The molecule has 0 radical (unpaired) electrons. The number of amides is 2. The Labute approximate surface area is 82.5 Å². The van der Waals surface area contributed by atoms with Crippen molar-refractivity contribution < 1.29 is 19.8 Å². The first-order valence-corrected chi connectivity index (χ1v) is 4.27. The molecule has 0 fully saturated rings. The van der Waals surface area contributed by atoms with Crippen LogP contribution >= 0.6 is 0 Å². The van der Waals surface area contributed by atoms with Crippen LogP contribution in [0.4, 0.5) is 4.79 Å². The molecule has 6 nitrogen and oxygen atoms in total. The van der Waals surface area contributed by atoms with Gasteiger partial charge in [-0.1, -0.05) is 0 Å². The highest BCUT2D eigenvalue weighted by Gasteiger charge is 2.17. The van der Waals surface area contributed by atoms with Crippen LogP contribution < -0.4 is 5.32 Å². The number of carbonyl (C=O) groups is 2. The fraction of sp³-hybridized carbons (Fsp3) is 0.750. The summed E-state index contributed by atoms with van der Waals surface area (Å²) < 4.78 is 0. The maximum absolute atomic E-state index is 11.2. The van der Waals surface area contributed by atoms with Gasteiger partial charge in [-0.15, -0.1) is 0 Å². The van der Waals surface area contributed by atoms with E-state index >= 15 is 0 Å². The van der Waals surface area contributed by atoms with E-state index < -0.39 is 24.1 Å². The Morgan fingerprint density at radius 2 is 1.93 bits per heavy atom. The van der Waals surface area contributed by atoms with Gasteiger partial charge >= 0.3 is 12.0 Å². The Bertz CT molecular complexity index is 217. The third kappa shape index (κ3) is 4.66. The first-order valence-electron chi connectivity index (χ1n) is 4.27. The molecule has 0 aliphatic carbocycles. The summed E-state index contributed by atoms with van der Waals surface area (Å²) in [5, 5.41) is 19.7. The quantitative estimate of drug-likeness (QED) is 0.575. The van der Waals surface area contributed by atoms with E-state index in [0.29, 0.717) is 0 Å². The number of rotatable bonds is 4. The summed E-state index contributed by atoms with van der Waals surface area (Å²) in [5.41, 5.74) is 0.